The highest BCUT2D eigenvalue weighted by Crippen LogP contribution is 2.25. The van der Waals surface area contributed by atoms with Crippen LogP contribution in [0, 0.1) is 12.7 Å². The normalized spacial score (nSPS) is 10.2. The summed E-state index contributed by atoms with van der Waals surface area (Å²) in [6.07, 6.45) is 0. The van der Waals surface area contributed by atoms with Gasteiger partial charge in [-0.25, -0.2) is 4.39 Å². The summed E-state index contributed by atoms with van der Waals surface area (Å²) in [5.74, 6) is -1.09. The van der Waals surface area contributed by atoms with Gasteiger partial charge in [0.25, 0.3) is 5.91 Å². The molecule has 0 saturated heterocycles. The van der Waals surface area contributed by atoms with Gasteiger partial charge in [-0.05, 0) is 42.8 Å². The smallest absolute Gasteiger partial charge is 0.255 e. The van der Waals surface area contributed by atoms with Crippen molar-refractivity contribution in [1.82, 2.24) is 0 Å². The second-order valence-corrected chi connectivity index (χ2v) is 4.32. The molecule has 2 aromatic rings. The number of halogens is 1. The van der Waals surface area contributed by atoms with E-state index < -0.39 is 11.7 Å². The standard InChI is InChI=1S/C15H14FNO3/c1-9-3-5-12(13(18)7-9)17-15(19)10-4-6-14(20-2)11(16)8-10/h3-8,18H,1-2H3,(H,17,19). The van der Waals surface area contributed by atoms with Crippen LogP contribution in [0.5, 0.6) is 11.5 Å². The molecule has 4 nitrogen and oxygen atoms in total. The molecule has 0 saturated carbocycles. The van der Waals surface area contributed by atoms with Crippen LogP contribution in [0.15, 0.2) is 36.4 Å². The predicted octanol–water partition coefficient (Wildman–Crippen LogP) is 3.10. The van der Waals surface area contributed by atoms with Crippen molar-refractivity contribution in [3.8, 4) is 11.5 Å². The van der Waals surface area contributed by atoms with E-state index in [1.165, 1.54) is 25.3 Å². The van der Waals surface area contributed by atoms with Gasteiger partial charge in [0.05, 0.1) is 12.8 Å². The van der Waals surface area contributed by atoms with Crippen molar-refractivity contribution in [3.05, 3.63) is 53.3 Å². The van der Waals surface area contributed by atoms with E-state index >= 15 is 0 Å². The molecule has 2 N–H and O–H groups in total. The Labute approximate surface area is 115 Å². The fourth-order valence-corrected chi connectivity index (χ4v) is 1.75. The molecule has 0 aliphatic heterocycles. The van der Waals surface area contributed by atoms with Gasteiger partial charge in [-0.1, -0.05) is 6.07 Å². The molecule has 20 heavy (non-hydrogen) atoms. The van der Waals surface area contributed by atoms with Crippen molar-refractivity contribution in [2.45, 2.75) is 6.92 Å². The van der Waals surface area contributed by atoms with E-state index in [0.29, 0.717) is 0 Å². The first-order valence-electron chi connectivity index (χ1n) is 5.96. The topological polar surface area (TPSA) is 58.6 Å². The maximum absolute atomic E-state index is 13.5. The van der Waals surface area contributed by atoms with Crippen molar-refractivity contribution in [2.24, 2.45) is 0 Å². The van der Waals surface area contributed by atoms with Gasteiger partial charge in [0.15, 0.2) is 11.6 Å². The number of ether oxygens (including phenoxy) is 1. The average molecular weight is 275 g/mol. The Kier molecular flexibility index (Phi) is 3.89. The molecule has 2 aromatic carbocycles. The Morgan fingerprint density at radius 2 is 2.00 bits per heavy atom. The second-order valence-electron chi connectivity index (χ2n) is 4.32. The highest BCUT2D eigenvalue weighted by atomic mass is 19.1. The highest BCUT2D eigenvalue weighted by molar-refractivity contribution is 6.05. The quantitative estimate of drug-likeness (QED) is 0.846. The average Bonchev–Trinajstić information content (AvgIpc) is 2.41. The molecule has 5 heteroatoms. The molecule has 0 atom stereocenters. The lowest BCUT2D eigenvalue weighted by molar-refractivity contribution is 0.102. The maximum Gasteiger partial charge on any atom is 0.255 e. The number of nitrogens with one attached hydrogen (secondary N) is 1. The predicted molar refractivity (Wildman–Crippen MR) is 73.7 cm³/mol. The van der Waals surface area contributed by atoms with Gasteiger partial charge in [0.1, 0.15) is 5.75 Å². The monoisotopic (exact) mass is 275 g/mol. The van der Waals surface area contributed by atoms with Crippen molar-refractivity contribution in [1.29, 1.82) is 0 Å². The van der Waals surface area contributed by atoms with Crippen LogP contribution in [0.1, 0.15) is 15.9 Å². The Balaban J connectivity index is 2.21. The molecule has 0 spiro atoms. The Hall–Kier alpha value is -2.56. The fourth-order valence-electron chi connectivity index (χ4n) is 1.75. The van der Waals surface area contributed by atoms with Gasteiger partial charge in [0.2, 0.25) is 0 Å². The third-order valence-corrected chi connectivity index (χ3v) is 2.82. The van der Waals surface area contributed by atoms with Crippen LogP contribution in [0.4, 0.5) is 10.1 Å². The third kappa shape index (κ3) is 2.88. The molecule has 0 unspecified atom stereocenters. The first kappa shape index (κ1) is 13.9. The summed E-state index contributed by atoms with van der Waals surface area (Å²) in [4.78, 5) is 12.0. The first-order valence-corrected chi connectivity index (χ1v) is 5.96. The minimum atomic E-state index is -0.617. The lowest BCUT2D eigenvalue weighted by Gasteiger charge is -2.09. The van der Waals surface area contributed by atoms with Crippen LogP contribution in [0.2, 0.25) is 0 Å². The van der Waals surface area contributed by atoms with E-state index in [2.05, 4.69) is 5.32 Å². The lowest BCUT2D eigenvalue weighted by atomic mass is 10.1. The SMILES string of the molecule is COc1ccc(C(=O)Nc2ccc(C)cc2O)cc1F. The molecule has 0 radical (unpaired) electrons. The molecule has 1 amide bonds. The molecule has 0 bridgehead atoms. The number of carbonyl (C=O) groups excluding carboxylic acids is 1. The number of methoxy groups -OCH3 is 1. The minimum Gasteiger partial charge on any atom is -0.506 e. The molecule has 104 valence electrons. The third-order valence-electron chi connectivity index (χ3n) is 2.82. The van der Waals surface area contributed by atoms with Crippen LogP contribution < -0.4 is 10.1 Å². The van der Waals surface area contributed by atoms with Gasteiger partial charge in [0, 0.05) is 5.56 Å². The Morgan fingerprint density at radius 3 is 2.60 bits per heavy atom. The van der Waals surface area contributed by atoms with E-state index in [0.717, 1.165) is 11.6 Å². The number of hydrogen-bond acceptors (Lipinski definition) is 3. The zero-order valence-electron chi connectivity index (χ0n) is 11.1. The van der Waals surface area contributed by atoms with Crippen molar-refractivity contribution < 1.29 is 19.0 Å². The van der Waals surface area contributed by atoms with Crippen LogP contribution in [-0.2, 0) is 0 Å². The zero-order valence-corrected chi connectivity index (χ0v) is 11.1. The van der Waals surface area contributed by atoms with E-state index in [-0.39, 0.29) is 22.7 Å². The van der Waals surface area contributed by atoms with Gasteiger partial charge in [-0.3, -0.25) is 4.79 Å². The van der Waals surface area contributed by atoms with Gasteiger partial charge >= 0.3 is 0 Å². The summed E-state index contributed by atoms with van der Waals surface area (Å²) < 4.78 is 18.3. The maximum atomic E-state index is 13.5. The number of aromatic hydroxyl groups is 1. The molecular weight excluding hydrogens is 261 g/mol. The van der Waals surface area contributed by atoms with E-state index in [1.807, 2.05) is 6.92 Å². The van der Waals surface area contributed by atoms with Gasteiger partial charge < -0.3 is 15.2 Å². The van der Waals surface area contributed by atoms with Crippen LogP contribution >= 0.6 is 0 Å². The number of phenolic OH excluding ortho intramolecular Hbond substituents is 1. The summed E-state index contributed by atoms with van der Waals surface area (Å²) in [5, 5.41) is 12.2. The van der Waals surface area contributed by atoms with E-state index in [1.54, 1.807) is 12.1 Å². The van der Waals surface area contributed by atoms with E-state index in [4.69, 9.17) is 4.74 Å². The van der Waals surface area contributed by atoms with Crippen LogP contribution in [0.3, 0.4) is 0 Å². The number of aryl methyl sites for hydroxylation is 1. The minimum absolute atomic E-state index is 0.0349. The van der Waals surface area contributed by atoms with Crippen molar-refractivity contribution in [2.75, 3.05) is 12.4 Å². The molecule has 0 heterocycles. The molecular formula is C15H14FNO3. The lowest BCUT2D eigenvalue weighted by Crippen LogP contribution is -2.12. The number of benzene rings is 2. The Bertz CT molecular complexity index is 656. The number of amides is 1. The second kappa shape index (κ2) is 5.61. The molecule has 0 aromatic heterocycles. The van der Waals surface area contributed by atoms with Crippen LogP contribution in [-0.4, -0.2) is 18.1 Å². The van der Waals surface area contributed by atoms with Crippen molar-refractivity contribution >= 4 is 11.6 Å². The summed E-state index contributed by atoms with van der Waals surface area (Å²) in [7, 11) is 1.35. The number of phenols is 1. The number of rotatable bonds is 3. The first-order chi connectivity index (χ1) is 9.51. The van der Waals surface area contributed by atoms with Gasteiger partial charge in [-0.2, -0.15) is 0 Å². The molecule has 0 aliphatic carbocycles. The molecule has 0 aliphatic rings. The summed E-state index contributed by atoms with van der Waals surface area (Å²) in [6.45, 7) is 1.82. The molecule has 0 fully saturated rings. The highest BCUT2D eigenvalue weighted by Gasteiger charge is 2.12. The summed E-state index contributed by atoms with van der Waals surface area (Å²) in [5.41, 5.74) is 1.29. The summed E-state index contributed by atoms with van der Waals surface area (Å²) in [6, 6.07) is 8.78. The largest absolute Gasteiger partial charge is 0.506 e. The van der Waals surface area contributed by atoms with Gasteiger partial charge in [-0.15, -0.1) is 0 Å². The molecule has 2 rings (SSSR count). The van der Waals surface area contributed by atoms with Crippen molar-refractivity contribution in [3.63, 3.8) is 0 Å². The van der Waals surface area contributed by atoms with Crippen LogP contribution in [0.25, 0.3) is 0 Å². The zero-order chi connectivity index (χ0) is 14.7. The number of hydrogen-bond donors (Lipinski definition) is 2. The summed E-state index contributed by atoms with van der Waals surface area (Å²) >= 11 is 0. The Morgan fingerprint density at radius 1 is 1.25 bits per heavy atom. The number of carbonyl (C=O) groups is 1. The number of anilines is 1. The van der Waals surface area contributed by atoms with E-state index in [9.17, 15) is 14.3 Å². The fraction of sp³-hybridized carbons (Fsp3) is 0.133.